The second-order valence-electron chi connectivity index (χ2n) is 9.24. The molecule has 0 aliphatic heterocycles. The van der Waals surface area contributed by atoms with Gasteiger partial charge in [0, 0.05) is 10.9 Å². The van der Waals surface area contributed by atoms with Gasteiger partial charge in [0.05, 0.1) is 6.42 Å². The van der Waals surface area contributed by atoms with Gasteiger partial charge in [0.25, 0.3) is 0 Å². The molecule has 4 aromatic rings. The topological polar surface area (TPSA) is 55.8 Å². The van der Waals surface area contributed by atoms with E-state index in [-0.39, 0.29) is 24.2 Å². The fourth-order valence-electron chi connectivity index (χ4n) is 4.69. The summed E-state index contributed by atoms with van der Waals surface area (Å²) in [5.41, 5.74) is 2.91. The molecule has 0 saturated heterocycles. The molecule has 0 amide bonds. The summed E-state index contributed by atoms with van der Waals surface area (Å²) in [5.74, 6) is 1.57. The van der Waals surface area contributed by atoms with Gasteiger partial charge in [-0.05, 0) is 72.5 Å². The SMILES string of the molecule is O=C(CC=Cc1ccc(Oc2c(-c3ccc(O)cc3)ccc3ccccc23)cc1)OC1CCCCC1. The molecule has 0 unspecified atom stereocenters. The maximum absolute atomic E-state index is 12.1. The molecular formula is C32H30O4. The Morgan fingerprint density at radius 2 is 1.61 bits per heavy atom. The molecule has 0 radical (unpaired) electrons. The number of esters is 1. The van der Waals surface area contributed by atoms with Crippen molar-refractivity contribution in [2.24, 2.45) is 0 Å². The maximum Gasteiger partial charge on any atom is 0.309 e. The van der Waals surface area contributed by atoms with Crippen molar-refractivity contribution < 1.29 is 19.4 Å². The number of phenolic OH excluding ortho intramolecular Hbond substituents is 1. The Morgan fingerprint density at radius 1 is 0.861 bits per heavy atom. The second-order valence-corrected chi connectivity index (χ2v) is 9.24. The third-order valence-electron chi connectivity index (χ3n) is 6.60. The number of fused-ring (bicyclic) bond motifs is 1. The van der Waals surface area contributed by atoms with Crippen LogP contribution in [-0.4, -0.2) is 17.2 Å². The molecule has 0 spiro atoms. The smallest absolute Gasteiger partial charge is 0.309 e. The zero-order valence-electron chi connectivity index (χ0n) is 20.2. The Hall–Kier alpha value is -4.05. The Bertz CT molecular complexity index is 1350. The first-order chi connectivity index (χ1) is 17.7. The summed E-state index contributed by atoms with van der Waals surface area (Å²) in [6, 6.07) is 27.2. The predicted octanol–water partition coefficient (Wildman–Crippen LogP) is 8.28. The summed E-state index contributed by atoms with van der Waals surface area (Å²) >= 11 is 0. The molecule has 1 saturated carbocycles. The van der Waals surface area contributed by atoms with Crippen molar-refractivity contribution in [1.82, 2.24) is 0 Å². The zero-order chi connectivity index (χ0) is 24.7. The monoisotopic (exact) mass is 478 g/mol. The third-order valence-corrected chi connectivity index (χ3v) is 6.60. The highest BCUT2D eigenvalue weighted by atomic mass is 16.5. The van der Waals surface area contributed by atoms with Crippen LogP contribution in [0.5, 0.6) is 17.2 Å². The van der Waals surface area contributed by atoms with Gasteiger partial charge in [0.2, 0.25) is 0 Å². The van der Waals surface area contributed by atoms with E-state index in [1.54, 1.807) is 12.1 Å². The van der Waals surface area contributed by atoms with Crippen molar-refractivity contribution in [3.05, 3.63) is 96.6 Å². The van der Waals surface area contributed by atoms with Gasteiger partial charge in [-0.15, -0.1) is 0 Å². The Balaban J connectivity index is 1.30. The molecular weight excluding hydrogens is 448 g/mol. The summed E-state index contributed by atoms with van der Waals surface area (Å²) in [7, 11) is 0. The number of benzene rings is 4. The zero-order valence-corrected chi connectivity index (χ0v) is 20.2. The molecule has 182 valence electrons. The number of ether oxygens (including phenoxy) is 2. The van der Waals surface area contributed by atoms with Crippen molar-refractivity contribution in [2.45, 2.75) is 44.6 Å². The minimum Gasteiger partial charge on any atom is -0.508 e. The number of carbonyl (C=O) groups excluding carboxylic acids is 1. The van der Waals surface area contributed by atoms with Crippen LogP contribution in [-0.2, 0) is 9.53 Å². The standard InChI is InChI=1S/C32H30O4/c33-26-18-15-25(16-19-26)30-22-17-24-8-4-5-11-29(24)32(30)36-28-20-13-23(14-21-28)7-6-12-31(34)35-27-9-2-1-3-10-27/h4-8,11,13-22,27,33H,1-3,9-10,12H2. The van der Waals surface area contributed by atoms with E-state index in [1.807, 2.05) is 66.7 Å². The molecule has 0 aromatic heterocycles. The van der Waals surface area contributed by atoms with E-state index >= 15 is 0 Å². The molecule has 1 aliphatic carbocycles. The second kappa shape index (κ2) is 11.1. The van der Waals surface area contributed by atoms with E-state index in [9.17, 15) is 9.90 Å². The van der Waals surface area contributed by atoms with Crippen LogP contribution in [0.2, 0.25) is 0 Å². The minimum absolute atomic E-state index is 0.0941. The number of phenols is 1. The van der Waals surface area contributed by atoms with Gasteiger partial charge < -0.3 is 14.6 Å². The third kappa shape index (κ3) is 5.77. The molecule has 1 N–H and O–H groups in total. The van der Waals surface area contributed by atoms with Crippen molar-refractivity contribution in [3.63, 3.8) is 0 Å². The highest BCUT2D eigenvalue weighted by Crippen LogP contribution is 2.40. The van der Waals surface area contributed by atoms with E-state index in [1.165, 1.54) is 6.42 Å². The predicted molar refractivity (Wildman–Crippen MR) is 144 cm³/mol. The van der Waals surface area contributed by atoms with Crippen LogP contribution in [0.15, 0.2) is 91.0 Å². The fourth-order valence-corrected chi connectivity index (χ4v) is 4.69. The van der Waals surface area contributed by atoms with Crippen molar-refractivity contribution in [1.29, 1.82) is 0 Å². The first-order valence-electron chi connectivity index (χ1n) is 12.6. The van der Waals surface area contributed by atoms with E-state index < -0.39 is 0 Å². The van der Waals surface area contributed by atoms with Crippen LogP contribution in [0.1, 0.15) is 44.1 Å². The number of aromatic hydroxyl groups is 1. The lowest BCUT2D eigenvalue weighted by molar-refractivity contribution is -0.149. The Kier molecular flexibility index (Phi) is 7.32. The molecule has 0 atom stereocenters. The molecule has 0 heterocycles. The van der Waals surface area contributed by atoms with Gasteiger partial charge in [-0.25, -0.2) is 0 Å². The van der Waals surface area contributed by atoms with Gasteiger partial charge in [-0.1, -0.05) is 73.2 Å². The Labute approximate surface area is 211 Å². The molecule has 4 nitrogen and oxygen atoms in total. The summed E-state index contributed by atoms with van der Waals surface area (Å²) < 4.78 is 12.0. The fraction of sp³-hybridized carbons (Fsp3) is 0.219. The molecule has 4 aromatic carbocycles. The number of hydrogen-bond acceptors (Lipinski definition) is 4. The first-order valence-corrected chi connectivity index (χ1v) is 12.6. The highest BCUT2D eigenvalue weighted by Gasteiger charge is 2.17. The number of rotatable bonds is 7. The summed E-state index contributed by atoms with van der Waals surface area (Å²) in [4.78, 5) is 12.1. The number of carbonyl (C=O) groups is 1. The summed E-state index contributed by atoms with van der Waals surface area (Å²) in [6.07, 6.45) is 9.68. The molecule has 36 heavy (non-hydrogen) atoms. The normalized spacial score (nSPS) is 14.2. The van der Waals surface area contributed by atoms with Crippen LogP contribution >= 0.6 is 0 Å². The maximum atomic E-state index is 12.1. The van der Waals surface area contributed by atoms with Gasteiger partial charge in [0.1, 0.15) is 23.4 Å². The average molecular weight is 479 g/mol. The van der Waals surface area contributed by atoms with E-state index in [4.69, 9.17) is 9.47 Å². The largest absolute Gasteiger partial charge is 0.508 e. The highest BCUT2D eigenvalue weighted by molar-refractivity contribution is 5.95. The average Bonchev–Trinajstić information content (AvgIpc) is 2.91. The molecule has 0 bridgehead atoms. The van der Waals surface area contributed by atoms with Crippen LogP contribution in [0, 0.1) is 0 Å². The van der Waals surface area contributed by atoms with Gasteiger partial charge in [0.15, 0.2) is 0 Å². The van der Waals surface area contributed by atoms with E-state index in [2.05, 4.69) is 18.2 Å². The van der Waals surface area contributed by atoms with Crippen LogP contribution < -0.4 is 4.74 Å². The lowest BCUT2D eigenvalue weighted by Gasteiger charge is -2.21. The van der Waals surface area contributed by atoms with E-state index in [0.29, 0.717) is 0 Å². The van der Waals surface area contributed by atoms with Crippen molar-refractivity contribution in [2.75, 3.05) is 0 Å². The molecule has 4 heteroatoms. The van der Waals surface area contributed by atoms with Crippen LogP contribution in [0.4, 0.5) is 0 Å². The number of hydrogen-bond donors (Lipinski definition) is 1. The molecule has 1 aliphatic rings. The summed E-state index contributed by atoms with van der Waals surface area (Å²) in [6.45, 7) is 0. The quantitative estimate of drug-likeness (QED) is 0.272. The van der Waals surface area contributed by atoms with Crippen LogP contribution in [0.25, 0.3) is 28.0 Å². The molecule has 1 fully saturated rings. The Morgan fingerprint density at radius 3 is 2.39 bits per heavy atom. The first kappa shape index (κ1) is 23.7. The van der Waals surface area contributed by atoms with E-state index in [0.717, 1.165) is 64.6 Å². The molecule has 5 rings (SSSR count). The van der Waals surface area contributed by atoms with Crippen molar-refractivity contribution >= 4 is 22.8 Å². The van der Waals surface area contributed by atoms with Gasteiger partial charge in [-0.3, -0.25) is 4.79 Å². The van der Waals surface area contributed by atoms with Crippen molar-refractivity contribution in [3.8, 4) is 28.4 Å². The minimum atomic E-state index is -0.157. The van der Waals surface area contributed by atoms with Gasteiger partial charge >= 0.3 is 5.97 Å². The van der Waals surface area contributed by atoms with Gasteiger partial charge in [-0.2, -0.15) is 0 Å². The lowest BCUT2D eigenvalue weighted by Crippen LogP contribution is -2.20. The summed E-state index contributed by atoms with van der Waals surface area (Å²) in [5, 5.41) is 11.8. The lowest BCUT2D eigenvalue weighted by atomic mass is 9.98. The van der Waals surface area contributed by atoms with Crippen LogP contribution in [0.3, 0.4) is 0 Å².